The third-order valence-electron chi connectivity index (χ3n) is 5.07. The fourth-order valence-corrected chi connectivity index (χ4v) is 3.58. The lowest BCUT2D eigenvalue weighted by atomic mass is 9.96. The predicted molar refractivity (Wildman–Crippen MR) is 108 cm³/mol. The number of pyridine rings is 1. The van der Waals surface area contributed by atoms with Gasteiger partial charge in [0.15, 0.2) is 5.78 Å². The van der Waals surface area contributed by atoms with Gasteiger partial charge in [-0.3, -0.25) is 9.59 Å². The first-order chi connectivity index (χ1) is 13.1. The molecule has 4 nitrogen and oxygen atoms in total. The zero-order valence-corrected chi connectivity index (χ0v) is 15.6. The quantitative estimate of drug-likeness (QED) is 0.650. The van der Waals surface area contributed by atoms with E-state index in [1.165, 1.54) is 12.8 Å². The van der Waals surface area contributed by atoms with Crippen LogP contribution in [-0.4, -0.2) is 17.3 Å². The highest BCUT2D eigenvalue weighted by Crippen LogP contribution is 2.29. The van der Waals surface area contributed by atoms with E-state index in [0.29, 0.717) is 16.3 Å². The highest BCUT2D eigenvalue weighted by Gasteiger charge is 2.26. The zero-order valence-electron chi connectivity index (χ0n) is 14.9. The monoisotopic (exact) mass is 380 g/mol. The van der Waals surface area contributed by atoms with Gasteiger partial charge in [0, 0.05) is 23.0 Å². The van der Waals surface area contributed by atoms with Crippen molar-refractivity contribution in [1.82, 2.24) is 10.3 Å². The second kappa shape index (κ2) is 7.67. The van der Waals surface area contributed by atoms with Crippen LogP contribution in [-0.2, 0) is 11.2 Å². The summed E-state index contributed by atoms with van der Waals surface area (Å²) in [5, 5.41) is 5.20. The second-order valence-electron chi connectivity index (χ2n) is 7.18. The Morgan fingerprint density at radius 2 is 1.96 bits per heavy atom. The number of benzene rings is 2. The molecule has 1 saturated carbocycles. The summed E-state index contributed by atoms with van der Waals surface area (Å²) in [6.07, 6.45) is 4.29. The van der Waals surface area contributed by atoms with E-state index in [-0.39, 0.29) is 23.8 Å². The lowest BCUT2D eigenvalue weighted by molar-refractivity contribution is -0.120. The molecular formula is C22H21ClN2O2. The van der Waals surface area contributed by atoms with Gasteiger partial charge in [0.25, 0.3) is 5.56 Å². The molecule has 1 aliphatic carbocycles. The highest BCUT2D eigenvalue weighted by atomic mass is 35.5. The Kier molecular flexibility index (Phi) is 5.10. The SMILES string of the molecule is O=C(Cc1cc2cc[nH]c(=O)c2cc1Cl)C(NCC1CC1)c1ccccc1. The number of H-pyrrole nitrogens is 1. The molecule has 5 heteroatoms. The number of nitrogens with one attached hydrogen (secondary N) is 2. The molecule has 1 heterocycles. The van der Waals surface area contributed by atoms with Crippen molar-refractivity contribution in [3.63, 3.8) is 0 Å². The number of carbonyl (C=O) groups excluding carboxylic acids is 1. The van der Waals surface area contributed by atoms with Crippen LogP contribution < -0.4 is 10.9 Å². The van der Waals surface area contributed by atoms with Gasteiger partial charge in [0.2, 0.25) is 0 Å². The lowest BCUT2D eigenvalue weighted by Gasteiger charge is -2.19. The van der Waals surface area contributed by atoms with E-state index in [4.69, 9.17) is 11.6 Å². The molecule has 4 rings (SSSR count). The van der Waals surface area contributed by atoms with Crippen molar-refractivity contribution < 1.29 is 4.79 Å². The third-order valence-corrected chi connectivity index (χ3v) is 5.42. The second-order valence-corrected chi connectivity index (χ2v) is 7.58. The molecule has 2 aromatic carbocycles. The molecule has 1 aromatic heterocycles. The number of carbonyl (C=O) groups is 1. The first-order valence-corrected chi connectivity index (χ1v) is 9.60. The number of ketones is 1. The van der Waals surface area contributed by atoms with Gasteiger partial charge in [-0.15, -0.1) is 0 Å². The normalized spacial score (nSPS) is 15.0. The molecule has 0 radical (unpaired) electrons. The summed E-state index contributed by atoms with van der Waals surface area (Å²) >= 11 is 6.38. The average Bonchev–Trinajstić information content (AvgIpc) is 3.49. The summed E-state index contributed by atoms with van der Waals surface area (Å²) in [7, 11) is 0. The summed E-state index contributed by atoms with van der Waals surface area (Å²) < 4.78 is 0. The van der Waals surface area contributed by atoms with Crippen molar-refractivity contribution in [1.29, 1.82) is 0 Å². The maximum atomic E-state index is 13.1. The average molecular weight is 381 g/mol. The largest absolute Gasteiger partial charge is 0.329 e. The van der Waals surface area contributed by atoms with Gasteiger partial charge < -0.3 is 10.3 Å². The molecule has 1 atom stereocenters. The van der Waals surface area contributed by atoms with Gasteiger partial charge in [0.05, 0.1) is 6.04 Å². The fraction of sp³-hybridized carbons (Fsp3) is 0.273. The number of hydrogen-bond acceptors (Lipinski definition) is 3. The lowest BCUT2D eigenvalue weighted by Crippen LogP contribution is -2.31. The zero-order chi connectivity index (χ0) is 18.8. The Morgan fingerprint density at radius 3 is 2.70 bits per heavy atom. The molecule has 0 aliphatic heterocycles. The summed E-state index contributed by atoms with van der Waals surface area (Å²) in [5.41, 5.74) is 1.53. The Bertz CT molecular complexity index is 1030. The van der Waals surface area contributed by atoms with E-state index in [0.717, 1.165) is 23.1 Å². The number of halogens is 1. The number of fused-ring (bicyclic) bond motifs is 1. The van der Waals surface area contributed by atoms with Crippen molar-refractivity contribution in [2.45, 2.75) is 25.3 Å². The van der Waals surface area contributed by atoms with Crippen molar-refractivity contribution >= 4 is 28.2 Å². The smallest absolute Gasteiger partial charge is 0.255 e. The van der Waals surface area contributed by atoms with Crippen LogP contribution in [0.2, 0.25) is 5.02 Å². The molecule has 1 aliphatic rings. The number of aromatic nitrogens is 1. The van der Waals surface area contributed by atoms with Crippen LogP contribution >= 0.6 is 11.6 Å². The van der Waals surface area contributed by atoms with Crippen LogP contribution in [0.3, 0.4) is 0 Å². The van der Waals surface area contributed by atoms with Gasteiger partial charge in [0.1, 0.15) is 0 Å². The van der Waals surface area contributed by atoms with E-state index in [2.05, 4.69) is 10.3 Å². The van der Waals surface area contributed by atoms with E-state index in [1.807, 2.05) is 42.5 Å². The van der Waals surface area contributed by atoms with Crippen molar-refractivity contribution in [3.05, 3.63) is 81.2 Å². The Morgan fingerprint density at radius 1 is 1.19 bits per heavy atom. The number of hydrogen-bond donors (Lipinski definition) is 2. The molecule has 0 bridgehead atoms. The third kappa shape index (κ3) is 4.12. The summed E-state index contributed by atoms with van der Waals surface area (Å²) in [4.78, 5) is 27.7. The molecule has 0 saturated heterocycles. The maximum absolute atomic E-state index is 13.1. The van der Waals surface area contributed by atoms with Gasteiger partial charge >= 0.3 is 0 Å². The Balaban J connectivity index is 1.61. The van der Waals surface area contributed by atoms with Gasteiger partial charge in [-0.05, 0) is 60.0 Å². The summed E-state index contributed by atoms with van der Waals surface area (Å²) in [6, 6.07) is 14.8. The summed E-state index contributed by atoms with van der Waals surface area (Å²) in [5.74, 6) is 0.757. The van der Waals surface area contributed by atoms with E-state index >= 15 is 0 Å². The molecule has 0 amide bonds. The molecule has 1 fully saturated rings. The van der Waals surface area contributed by atoms with Gasteiger partial charge in [-0.1, -0.05) is 41.9 Å². The molecule has 0 spiro atoms. The van der Waals surface area contributed by atoms with Gasteiger partial charge in [-0.25, -0.2) is 0 Å². The maximum Gasteiger partial charge on any atom is 0.255 e. The predicted octanol–water partition coefficient (Wildman–Crippen LogP) is 4.03. The molecule has 2 N–H and O–H groups in total. The van der Waals surface area contributed by atoms with Crippen molar-refractivity contribution in [2.24, 2.45) is 5.92 Å². The van der Waals surface area contributed by atoms with E-state index < -0.39 is 0 Å². The number of Topliss-reactive ketones (excluding diaryl/α,β-unsaturated/α-hetero) is 1. The van der Waals surface area contributed by atoms with Gasteiger partial charge in [-0.2, -0.15) is 0 Å². The Hall–Kier alpha value is -2.43. The molecule has 1 unspecified atom stereocenters. The highest BCUT2D eigenvalue weighted by molar-refractivity contribution is 6.32. The Labute approximate surface area is 162 Å². The minimum Gasteiger partial charge on any atom is -0.329 e. The van der Waals surface area contributed by atoms with Crippen LogP contribution in [0, 0.1) is 5.92 Å². The molecule has 27 heavy (non-hydrogen) atoms. The number of aromatic amines is 1. The van der Waals surface area contributed by atoms with Crippen LogP contribution in [0.1, 0.15) is 30.0 Å². The summed E-state index contributed by atoms with van der Waals surface area (Å²) in [6.45, 7) is 0.853. The van der Waals surface area contributed by atoms with E-state index in [9.17, 15) is 9.59 Å². The van der Waals surface area contributed by atoms with Crippen LogP contribution in [0.25, 0.3) is 10.8 Å². The first kappa shape index (κ1) is 18.0. The van der Waals surface area contributed by atoms with E-state index in [1.54, 1.807) is 12.3 Å². The molecule has 3 aromatic rings. The topological polar surface area (TPSA) is 62.0 Å². The van der Waals surface area contributed by atoms with Crippen LogP contribution in [0.15, 0.2) is 59.5 Å². The minimum atomic E-state index is -0.349. The van der Waals surface area contributed by atoms with Crippen LogP contribution in [0.4, 0.5) is 0 Å². The standard InChI is InChI=1S/C22H21ClN2O2/c23-19-12-18-16(8-9-24-22(18)27)10-17(19)11-20(26)21(25-13-14-6-7-14)15-4-2-1-3-5-15/h1-5,8-10,12,14,21,25H,6-7,11,13H2,(H,24,27). The molecular weight excluding hydrogens is 360 g/mol. The van der Waals surface area contributed by atoms with Crippen LogP contribution in [0.5, 0.6) is 0 Å². The van der Waals surface area contributed by atoms with Crippen molar-refractivity contribution in [3.8, 4) is 0 Å². The fourth-order valence-electron chi connectivity index (χ4n) is 3.35. The number of rotatable bonds is 7. The molecule has 138 valence electrons. The van der Waals surface area contributed by atoms with Crippen molar-refractivity contribution in [2.75, 3.05) is 6.54 Å². The first-order valence-electron chi connectivity index (χ1n) is 9.22. The minimum absolute atomic E-state index is 0.0768.